The predicted molar refractivity (Wildman–Crippen MR) is 107 cm³/mol. The van der Waals surface area contributed by atoms with Gasteiger partial charge in [0.1, 0.15) is 11.3 Å². The van der Waals surface area contributed by atoms with Gasteiger partial charge in [-0.3, -0.25) is 4.79 Å². The summed E-state index contributed by atoms with van der Waals surface area (Å²) in [4.78, 5) is 25.1. The second-order valence-corrected chi connectivity index (χ2v) is 6.93. The summed E-state index contributed by atoms with van der Waals surface area (Å²) >= 11 is 0. The van der Waals surface area contributed by atoms with Crippen molar-refractivity contribution in [1.29, 1.82) is 0 Å². The highest BCUT2D eigenvalue weighted by molar-refractivity contribution is 5.99. The van der Waals surface area contributed by atoms with Gasteiger partial charge < -0.3 is 14.8 Å². The fourth-order valence-corrected chi connectivity index (χ4v) is 2.83. The van der Waals surface area contributed by atoms with Crippen LogP contribution in [0.2, 0.25) is 0 Å². The molecule has 2 aromatic carbocycles. The van der Waals surface area contributed by atoms with Crippen molar-refractivity contribution in [3.8, 4) is 5.75 Å². The number of amides is 1. The number of hydrogen-bond acceptors (Lipinski definition) is 4. The summed E-state index contributed by atoms with van der Waals surface area (Å²) in [5.41, 5.74) is 3.99. The first-order valence-corrected chi connectivity index (χ1v) is 9.00. The lowest BCUT2D eigenvalue weighted by molar-refractivity contribution is -0.123. The maximum Gasteiger partial charge on any atom is 0.342 e. The Hall–Kier alpha value is -2.82. The van der Waals surface area contributed by atoms with Gasteiger partial charge in [0.2, 0.25) is 0 Å². The maximum absolute atomic E-state index is 12.6. The maximum atomic E-state index is 12.6. The minimum atomic E-state index is -0.942. The van der Waals surface area contributed by atoms with Crippen molar-refractivity contribution in [2.75, 3.05) is 12.4 Å². The topological polar surface area (TPSA) is 64.6 Å². The number of anilines is 1. The third-order valence-corrected chi connectivity index (χ3v) is 4.40. The average molecular weight is 369 g/mol. The van der Waals surface area contributed by atoms with Crippen molar-refractivity contribution in [2.24, 2.45) is 0 Å². The van der Waals surface area contributed by atoms with Crippen LogP contribution in [-0.4, -0.2) is 25.1 Å². The summed E-state index contributed by atoms with van der Waals surface area (Å²) in [5.74, 6) is -0.285. The number of nitrogens with one attached hydrogen (secondary N) is 1. The minimum Gasteiger partial charge on any atom is -0.496 e. The van der Waals surface area contributed by atoms with Gasteiger partial charge in [-0.05, 0) is 49.9 Å². The molecule has 27 heavy (non-hydrogen) atoms. The van der Waals surface area contributed by atoms with Crippen LogP contribution in [-0.2, 0) is 9.53 Å². The lowest BCUT2D eigenvalue weighted by atomic mass is 9.98. The molecule has 5 nitrogen and oxygen atoms in total. The van der Waals surface area contributed by atoms with Gasteiger partial charge >= 0.3 is 5.97 Å². The van der Waals surface area contributed by atoms with Crippen LogP contribution in [0.3, 0.4) is 0 Å². The van der Waals surface area contributed by atoms with Crippen molar-refractivity contribution in [1.82, 2.24) is 0 Å². The third kappa shape index (κ3) is 4.88. The molecule has 1 amide bonds. The van der Waals surface area contributed by atoms with Gasteiger partial charge in [-0.1, -0.05) is 43.7 Å². The predicted octanol–water partition coefficient (Wildman–Crippen LogP) is 4.62. The standard InChI is InChI=1S/C22H27NO4/c1-13(2)17-9-7-8-15(4)20(17)23-21(24)16(5)27-22(25)18-12-14(3)10-11-19(18)26-6/h7-13,16H,1-6H3,(H,23,24)/t16-/m1/s1. The number of rotatable bonds is 6. The lowest BCUT2D eigenvalue weighted by Gasteiger charge is -2.19. The monoisotopic (exact) mass is 369 g/mol. The van der Waals surface area contributed by atoms with E-state index >= 15 is 0 Å². The summed E-state index contributed by atoms with van der Waals surface area (Å²) in [6, 6.07) is 11.1. The zero-order valence-corrected chi connectivity index (χ0v) is 16.8. The van der Waals surface area contributed by atoms with Crippen molar-refractivity contribution in [3.63, 3.8) is 0 Å². The van der Waals surface area contributed by atoms with Gasteiger partial charge in [0.15, 0.2) is 6.10 Å². The SMILES string of the molecule is COc1ccc(C)cc1C(=O)O[C@H](C)C(=O)Nc1c(C)cccc1C(C)C. The fraction of sp³-hybridized carbons (Fsp3) is 0.364. The van der Waals surface area contributed by atoms with Crippen molar-refractivity contribution < 1.29 is 19.1 Å². The molecule has 5 heteroatoms. The van der Waals surface area contributed by atoms with Crippen LogP contribution >= 0.6 is 0 Å². The summed E-state index contributed by atoms with van der Waals surface area (Å²) in [6.45, 7) is 9.51. The van der Waals surface area contributed by atoms with Gasteiger partial charge in [0, 0.05) is 5.69 Å². The van der Waals surface area contributed by atoms with Gasteiger partial charge in [-0.15, -0.1) is 0 Å². The molecule has 0 aliphatic carbocycles. The molecule has 2 rings (SSSR count). The van der Waals surface area contributed by atoms with Crippen LogP contribution in [0.15, 0.2) is 36.4 Å². The Morgan fingerprint density at radius 1 is 1.04 bits per heavy atom. The first-order valence-electron chi connectivity index (χ1n) is 9.00. The van der Waals surface area contributed by atoms with Crippen LogP contribution in [0.1, 0.15) is 53.7 Å². The molecule has 0 radical (unpaired) electrons. The average Bonchev–Trinajstić information content (AvgIpc) is 2.62. The number of para-hydroxylation sites is 1. The van der Waals surface area contributed by atoms with E-state index in [4.69, 9.17) is 9.47 Å². The molecule has 0 aromatic heterocycles. The Morgan fingerprint density at radius 3 is 2.37 bits per heavy atom. The van der Waals surface area contributed by atoms with E-state index < -0.39 is 12.1 Å². The number of aryl methyl sites for hydroxylation is 2. The highest BCUT2D eigenvalue weighted by atomic mass is 16.5. The molecule has 0 fully saturated rings. The summed E-state index contributed by atoms with van der Waals surface area (Å²) in [5, 5.41) is 2.91. The summed E-state index contributed by atoms with van der Waals surface area (Å²) in [7, 11) is 1.49. The van der Waals surface area contributed by atoms with Crippen molar-refractivity contribution in [3.05, 3.63) is 58.7 Å². The molecular formula is C22H27NO4. The second-order valence-electron chi connectivity index (χ2n) is 6.93. The first kappa shape index (κ1) is 20.5. The number of methoxy groups -OCH3 is 1. The highest BCUT2D eigenvalue weighted by Gasteiger charge is 2.23. The van der Waals surface area contributed by atoms with Crippen LogP contribution in [0.4, 0.5) is 5.69 Å². The number of hydrogen-bond donors (Lipinski definition) is 1. The molecule has 1 N–H and O–H groups in total. The van der Waals surface area contributed by atoms with Crippen LogP contribution in [0, 0.1) is 13.8 Å². The van der Waals surface area contributed by atoms with Gasteiger partial charge in [0.25, 0.3) is 5.91 Å². The normalized spacial score (nSPS) is 11.8. The van der Waals surface area contributed by atoms with Gasteiger partial charge in [0.05, 0.1) is 7.11 Å². The number of ether oxygens (including phenoxy) is 2. The Labute approximate surface area is 160 Å². The molecule has 0 saturated carbocycles. The zero-order valence-electron chi connectivity index (χ0n) is 16.8. The molecule has 0 unspecified atom stereocenters. The molecule has 2 aromatic rings. The van der Waals surface area contributed by atoms with Gasteiger partial charge in [-0.25, -0.2) is 4.79 Å². The van der Waals surface area contributed by atoms with E-state index in [9.17, 15) is 9.59 Å². The Balaban J connectivity index is 2.15. The van der Waals surface area contributed by atoms with Crippen LogP contribution in [0.25, 0.3) is 0 Å². The number of carbonyl (C=O) groups excluding carboxylic acids is 2. The largest absolute Gasteiger partial charge is 0.496 e. The third-order valence-electron chi connectivity index (χ3n) is 4.40. The molecular weight excluding hydrogens is 342 g/mol. The lowest BCUT2D eigenvalue weighted by Crippen LogP contribution is -2.30. The molecule has 0 bridgehead atoms. The van der Waals surface area contributed by atoms with Crippen LogP contribution in [0.5, 0.6) is 5.75 Å². The smallest absolute Gasteiger partial charge is 0.342 e. The quantitative estimate of drug-likeness (QED) is 0.755. The molecule has 144 valence electrons. The first-order chi connectivity index (χ1) is 12.7. The molecule has 0 spiro atoms. The number of benzene rings is 2. The second kappa shape index (κ2) is 8.71. The fourth-order valence-electron chi connectivity index (χ4n) is 2.83. The van der Waals surface area contributed by atoms with E-state index in [0.717, 1.165) is 22.4 Å². The Bertz CT molecular complexity index is 842. The zero-order chi connectivity index (χ0) is 20.1. The Morgan fingerprint density at radius 2 is 1.74 bits per heavy atom. The van der Waals surface area contributed by atoms with Crippen molar-refractivity contribution in [2.45, 2.75) is 46.6 Å². The highest BCUT2D eigenvalue weighted by Crippen LogP contribution is 2.28. The van der Waals surface area contributed by atoms with Crippen molar-refractivity contribution >= 4 is 17.6 Å². The van der Waals surface area contributed by atoms with E-state index in [1.54, 1.807) is 19.1 Å². The molecule has 0 heterocycles. The van der Waals surface area contributed by atoms with E-state index in [1.165, 1.54) is 7.11 Å². The van der Waals surface area contributed by atoms with E-state index in [-0.39, 0.29) is 11.8 Å². The summed E-state index contributed by atoms with van der Waals surface area (Å²) in [6.07, 6.45) is -0.942. The molecule has 0 saturated heterocycles. The minimum absolute atomic E-state index is 0.259. The summed E-state index contributed by atoms with van der Waals surface area (Å²) < 4.78 is 10.6. The van der Waals surface area contributed by atoms with E-state index in [1.807, 2.05) is 38.1 Å². The number of esters is 1. The number of carbonyl (C=O) groups is 2. The van der Waals surface area contributed by atoms with Crippen LogP contribution < -0.4 is 10.1 Å². The van der Waals surface area contributed by atoms with E-state index in [0.29, 0.717) is 11.3 Å². The molecule has 1 atom stereocenters. The van der Waals surface area contributed by atoms with E-state index in [2.05, 4.69) is 19.2 Å². The molecule has 0 aliphatic rings. The van der Waals surface area contributed by atoms with Gasteiger partial charge in [-0.2, -0.15) is 0 Å². The Kier molecular flexibility index (Phi) is 6.61. The molecule has 0 aliphatic heterocycles.